The third kappa shape index (κ3) is 2.06. The predicted molar refractivity (Wildman–Crippen MR) is 92.7 cm³/mol. The Morgan fingerprint density at radius 1 is 1.13 bits per heavy atom. The molecule has 6 heteroatoms. The standard InChI is InChI=1S/C17H10Cl2N2O2/c18-12-6-10-14(7-13(12)19)20-17(22)15(10)11-5-8-3-1-2-4-9(8)16(11)21-23/h1-4,6-7,20,22H,5H2. The molecule has 0 unspecified atom stereocenters. The van der Waals surface area contributed by atoms with E-state index in [1.165, 1.54) is 0 Å². The Balaban J connectivity index is 2.02. The molecule has 23 heavy (non-hydrogen) atoms. The minimum absolute atomic E-state index is 0.0257. The maximum Gasteiger partial charge on any atom is 0.197 e. The van der Waals surface area contributed by atoms with Crippen molar-refractivity contribution in [3.05, 3.63) is 68.0 Å². The van der Waals surface area contributed by atoms with Gasteiger partial charge in [-0.2, -0.15) is 0 Å². The molecule has 0 spiro atoms. The van der Waals surface area contributed by atoms with Gasteiger partial charge >= 0.3 is 0 Å². The predicted octanol–water partition coefficient (Wildman–Crippen LogP) is 5.37. The third-order valence-electron chi connectivity index (χ3n) is 4.14. The average molecular weight is 345 g/mol. The number of hydrogen-bond acceptors (Lipinski definition) is 3. The van der Waals surface area contributed by atoms with Gasteiger partial charge in [-0.25, -0.2) is 0 Å². The van der Waals surface area contributed by atoms with Gasteiger partial charge in [-0.05, 0) is 28.4 Å². The number of aromatic nitrogens is 1. The van der Waals surface area contributed by atoms with E-state index in [0.717, 1.165) is 11.1 Å². The molecule has 1 heterocycles. The topological polar surface area (TPSA) is 65.4 Å². The van der Waals surface area contributed by atoms with E-state index in [0.29, 0.717) is 44.2 Å². The zero-order valence-corrected chi connectivity index (χ0v) is 13.2. The van der Waals surface area contributed by atoms with Crippen molar-refractivity contribution in [2.45, 2.75) is 6.42 Å². The summed E-state index contributed by atoms with van der Waals surface area (Å²) in [5.74, 6) is -0.0257. The van der Waals surface area contributed by atoms with Gasteiger partial charge in [0.15, 0.2) is 5.88 Å². The maximum atomic E-state index is 11.4. The van der Waals surface area contributed by atoms with E-state index < -0.39 is 0 Å². The van der Waals surface area contributed by atoms with Crippen molar-refractivity contribution in [3.63, 3.8) is 0 Å². The number of allylic oxidation sites excluding steroid dienone is 1. The number of aromatic hydroxyl groups is 1. The van der Waals surface area contributed by atoms with Crippen molar-refractivity contribution >= 4 is 45.4 Å². The number of hydrogen-bond donors (Lipinski definition) is 2. The summed E-state index contributed by atoms with van der Waals surface area (Å²) in [5.41, 5.74) is 4.04. The average Bonchev–Trinajstić information content (AvgIpc) is 3.04. The lowest BCUT2D eigenvalue weighted by atomic mass is 10.0. The number of benzene rings is 2. The van der Waals surface area contributed by atoms with Crippen LogP contribution in [0.25, 0.3) is 22.2 Å². The maximum absolute atomic E-state index is 11.4. The summed E-state index contributed by atoms with van der Waals surface area (Å²) in [7, 11) is 0. The minimum atomic E-state index is -0.0257. The Kier molecular flexibility index (Phi) is 3.18. The third-order valence-corrected chi connectivity index (χ3v) is 4.86. The van der Waals surface area contributed by atoms with Crippen LogP contribution in [-0.4, -0.2) is 10.1 Å². The van der Waals surface area contributed by atoms with Crippen LogP contribution >= 0.6 is 23.2 Å². The monoisotopic (exact) mass is 344 g/mol. The van der Waals surface area contributed by atoms with Gasteiger partial charge in [0.2, 0.25) is 0 Å². The molecule has 0 aliphatic heterocycles. The van der Waals surface area contributed by atoms with Crippen LogP contribution in [0.15, 0.2) is 41.6 Å². The smallest absolute Gasteiger partial charge is 0.197 e. The number of halogens is 2. The van der Waals surface area contributed by atoms with Crippen molar-refractivity contribution < 1.29 is 5.11 Å². The Morgan fingerprint density at radius 3 is 2.65 bits per heavy atom. The molecule has 0 bridgehead atoms. The highest BCUT2D eigenvalue weighted by Crippen LogP contribution is 2.45. The van der Waals surface area contributed by atoms with Crippen LogP contribution < -0.4 is 0 Å². The lowest BCUT2D eigenvalue weighted by Crippen LogP contribution is -1.86. The van der Waals surface area contributed by atoms with Gasteiger partial charge < -0.3 is 10.1 Å². The van der Waals surface area contributed by atoms with Gasteiger partial charge in [-0.15, -0.1) is 4.91 Å². The first kappa shape index (κ1) is 14.3. The van der Waals surface area contributed by atoms with Crippen LogP contribution in [0.5, 0.6) is 5.88 Å². The second kappa shape index (κ2) is 5.11. The van der Waals surface area contributed by atoms with Gasteiger partial charge in [0, 0.05) is 22.9 Å². The molecular formula is C17H10Cl2N2O2. The second-order valence-corrected chi connectivity index (χ2v) is 6.23. The number of fused-ring (bicyclic) bond motifs is 2. The molecule has 0 saturated carbocycles. The van der Waals surface area contributed by atoms with Crippen LogP contribution in [0.3, 0.4) is 0 Å². The SMILES string of the molecule is O=NC1=C(c2c(O)[nH]c3cc(Cl)c(Cl)cc23)Cc2ccccc21. The van der Waals surface area contributed by atoms with E-state index in [-0.39, 0.29) is 5.88 Å². The van der Waals surface area contributed by atoms with Gasteiger partial charge in [0.25, 0.3) is 0 Å². The zero-order valence-electron chi connectivity index (χ0n) is 11.7. The van der Waals surface area contributed by atoms with Crippen molar-refractivity contribution in [2.24, 2.45) is 5.18 Å². The molecule has 4 nitrogen and oxygen atoms in total. The highest BCUT2D eigenvalue weighted by molar-refractivity contribution is 6.42. The molecular weight excluding hydrogens is 335 g/mol. The van der Waals surface area contributed by atoms with Gasteiger partial charge in [0.1, 0.15) is 5.70 Å². The summed E-state index contributed by atoms with van der Waals surface area (Å²) < 4.78 is 0. The summed E-state index contributed by atoms with van der Waals surface area (Å²) in [6.07, 6.45) is 0.526. The quantitative estimate of drug-likeness (QED) is 0.613. The number of nitrogens with zero attached hydrogens (tertiary/aromatic N) is 1. The van der Waals surface area contributed by atoms with Crippen molar-refractivity contribution in [2.75, 3.05) is 0 Å². The van der Waals surface area contributed by atoms with Gasteiger partial charge in [-0.3, -0.25) is 0 Å². The molecule has 1 aromatic heterocycles. The van der Waals surface area contributed by atoms with E-state index in [1.54, 1.807) is 12.1 Å². The molecule has 1 aliphatic rings. The zero-order chi connectivity index (χ0) is 16.1. The van der Waals surface area contributed by atoms with Crippen molar-refractivity contribution in [3.8, 4) is 5.88 Å². The Morgan fingerprint density at radius 2 is 1.87 bits per heavy atom. The largest absolute Gasteiger partial charge is 0.494 e. The number of H-pyrrole nitrogens is 1. The first-order valence-electron chi connectivity index (χ1n) is 6.95. The van der Waals surface area contributed by atoms with E-state index in [1.807, 2.05) is 24.3 Å². The molecule has 0 saturated heterocycles. The minimum Gasteiger partial charge on any atom is -0.494 e. The summed E-state index contributed by atoms with van der Waals surface area (Å²) in [6.45, 7) is 0. The molecule has 2 aromatic carbocycles. The fourth-order valence-corrected chi connectivity index (χ4v) is 3.46. The highest BCUT2D eigenvalue weighted by atomic mass is 35.5. The van der Waals surface area contributed by atoms with E-state index >= 15 is 0 Å². The molecule has 0 amide bonds. The fourth-order valence-electron chi connectivity index (χ4n) is 3.13. The first-order chi connectivity index (χ1) is 11.1. The molecule has 114 valence electrons. The van der Waals surface area contributed by atoms with Crippen LogP contribution in [0, 0.1) is 4.91 Å². The van der Waals surface area contributed by atoms with Crippen LogP contribution in [0.1, 0.15) is 16.7 Å². The van der Waals surface area contributed by atoms with Crippen LogP contribution in [0.4, 0.5) is 0 Å². The van der Waals surface area contributed by atoms with Crippen molar-refractivity contribution in [1.82, 2.24) is 4.98 Å². The number of aromatic amines is 1. The molecule has 2 N–H and O–H groups in total. The van der Waals surface area contributed by atoms with Crippen LogP contribution in [0.2, 0.25) is 10.0 Å². The molecule has 4 rings (SSSR count). The highest BCUT2D eigenvalue weighted by Gasteiger charge is 2.27. The summed E-state index contributed by atoms with van der Waals surface area (Å²) in [4.78, 5) is 14.3. The van der Waals surface area contributed by atoms with Gasteiger partial charge in [0.05, 0.1) is 15.6 Å². The lowest BCUT2D eigenvalue weighted by molar-refractivity contribution is 0.457. The normalized spacial score (nSPS) is 13.7. The summed E-state index contributed by atoms with van der Waals surface area (Å²) in [6, 6.07) is 10.9. The molecule has 3 aromatic rings. The number of rotatable bonds is 2. The van der Waals surface area contributed by atoms with Gasteiger partial charge in [-0.1, -0.05) is 47.5 Å². The molecule has 0 radical (unpaired) electrons. The summed E-state index contributed by atoms with van der Waals surface area (Å²) >= 11 is 12.1. The molecule has 0 atom stereocenters. The Bertz CT molecular complexity index is 1010. The fraction of sp³-hybridized carbons (Fsp3) is 0.0588. The van der Waals surface area contributed by atoms with Crippen LogP contribution in [-0.2, 0) is 6.42 Å². The summed E-state index contributed by atoms with van der Waals surface area (Å²) in [5, 5.41) is 15.0. The van der Waals surface area contributed by atoms with E-state index in [4.69, 9.17) is 23.2 Å². The molecule has 0 fully saturated rings. The first-order valence-corrected chi connectivity index (χ1v) is 7.70. The van der Waals surface area contributed by atoms with E-state index in [9.17, 15) is 10.0 Å². The Labute approximate surface area is 141 Å². The molecule has 1 aliphatic carbocycles. The van der Waals surface area contributed by atoms with E-state index in [2.05, 4.69) is 10.2 Å². The lowest BCUT2D eigenvalue weighted by Gasteiger charge is -2.03. The number of nitrogens with one attached hydrogen (secondary N) is 1. The number of nitroso groups, excluding NO2 is 1. The Hall–Kier alpha value is -2.30. The van der Waals surface area contributed by atoms with Crippen molar-refractivity contribution in [1.29, 1.82) is 0 Å². The second-order valence-electron chi connectivity index (χ2n) is 5.41.